The molecule has 113 valence electrons. The summed E-state index contributed by atoms with van der Waals surface area (Å²) < 4.78 is 0. The van der Waals surface area contributed by atoms with Crippen LogP contribution in [-0.2, 0) is 5.11 Å². The molecule has 2 heteroatoms. The number of unbranched alkanes of at least 4 members (excludes halogenated alkanes) is 14. The summed E-state index contributed by atoms with van der Waals surface area (Å²) in [5.74, 6) is 0. The van der Waals surface area contributed by atoms with Crippen molar-refractivity contribution in [1.29, 1.82) is 0 Å². The first-order valence-corrected chi connectivity index (χ1v) is 8.90. The van der Waals surface area contributed by atoms with Gasteiger partial charge in [0.25, 0.3) is 0 Å². The van der Waals surface area contributed by atoms with Crippen molar-refractivity contribution in [2.45, 2.75) is 96.3 Å². The second-order valence-electron chi connectivity index (χ2n) is 5.61. The molecule has 0 amide bonds. The van der Waals surface area contributed by atoms with Crippen molar-refractivity contribution in [2.75, 3.05) is 6.61 Å². The van der Waals surface area contributed by atoms with Gasteiger partial charge in [-0.1, -0.05) is 89.3 Å². The molecule has 0 fully saturated rings. The highest BCUT2D eigenvalue weighted by atomic mass is 32.1. The molecular weight excluding hydrogens is 252 g/mol. The van der Waals surface area contributed by atoms with Crippen LogP contribution in [0, 0.1) is 0 Å². The van der Waals surface area contributed by atoms with Gasteiger partial charge in [0, 0.05) is 0 Å². The van der Waals surface area contributed by atoms with Crippen LogP contribution >= 0.6 is 12.2 Å². The Balaban J connectivity index is 2.89. The first-order valence-electron chi connectivity index (χ1n) is 8.43. The van der Waals surface area contributed by atoms with E-state index in [1.165, 1.54) is 77.0 Å². The van der Waals surface area contributed by atoms with Crippen molar-refractivity contribution in [3.63, 3.8) is 0 Å². The van der Waals surface area contributed by atoms with Crippen LogP contribution in [-0.4, -0.2) is 12.0 Å². The SMILES string of the molecule is [O]CCCCCCCCCCCCCCCCC=S. The van der Waals surface area contributed by atoms with Crippen LogP contribution in [0.5, 0.6) is 0 Å². The van der Waals surface area contributed by atoms with Crippen LogP contribution in [0.15, 0.2) is 0 Å². The summed E-state index contributed by atoms with van der Waals surface area (Å²) in [7, 11) is 0. The molecule has 19 heavy (non-hydrogen) atoms. The minimum Gasteiger partial charge on any atom is -0.237 e. The zero-order valence-electron chi connectivity index (χ0n) is 12.7. The van der Waals surface area contributed by atoms with E-state index in [1.54, 1.807) is 0 Å². The maximum absolute atomic E-state index is 10.3. The van der Waals surface area contributed by atoms with E-state index < -0.39 is 0 Å². The van der Waals surface area contributed by atoms with Gasteiger partial charge in [0.2, 0.25) is 0 Å². The van der Waals surface area contributed by atoms with E-state index in [0.29, 0.717) is 0 Å². The Morgan fingerprint density at radius 1 is 0.526 bits per heavy atom. The van der Waals surface area contributed by atoms with Crippen molar-refractivity contribution < 1.29 is 5.11 Å². The summed E-state index contributed by atoms with van der Waals surface area (Å²) in [4.78, 5) is 0. The summed E-state index contributed by atoms with van der Waals surface area (Å²) in [6.45, 7) is 0.117. The fourth-order valence-electron chi connectivity index (χ4n) is 2.45. The molecule has 0 aliphatic heterocycles. The minimum atomic E-state index is 0.117. The van der Waals surface area contributed by atoms with E-state index >= 15 is 0 Å². The summed E-state index contributed by atoms with van der Waals surface area (Å²) in [5.41, 5.74) is 0. The van der Waals surface area contributed by atoms with Crippen LogP contribution in [0.3, 0.4) is 0 Å². The Kier molecular flexibility index (Phi) is 18.1. The van der Waals surface area contributed by atoms with E-state index in [4.69, 9.17) is 12.2 Å². The third kappa shape index (κ3) is 18.1. The summed E-state index contributed by atoms with van der Waals surface area (Å²) >= 11 is 4.81. The largest absolute Gasteiger partial charge is 0.237 e. The van der Waals surface area contributed by atoms with Gasteiger partial charge in [-0.15, -0.1) is 0 Å². The molecule has 0 aromatic carbocycles. The molecule has 0 bridgehead atoms. The number of rotatable bonds is 16. The van der Waals surface area contributed by atoms with E-state index in [0.717, 1.165) is 19.3 Å². The van der Waals surface area contributed by atoms with Gasteiger partial charge in [0.05, 0.1) is 6.61 Å². The molecule has 0 saturated heterocycles. The van der Waals surface area contributed by atoms with Crippen molar-refractivity contribution in [1.82, 2.24) is 0 Å². The Morgan fingerprint density at radius 2 is 0.842 bits per heavy atom. The maximum Gasteiger partial charge on any atom is 0.0822 e. The highest BCUT2D eigenvalue weighted by Gasteiger charge is 1.94. The Bertz CT molecular complexity index is 171. The van der Waals surface area contributed by atoms with Gasteiger partial charge in [0.1, 0.15) is 0 Å². The Morgan fingerprint density at radius 3 is 1.16 bits per heavy atom. The van der Waals surface area contributed by atoms with Gasteiger partial charge in [-0.3, -0.25) is 0 Å². The molecule has 0 saturated carbocycles. The molecule has 0 spiro atoms. The van der Waals surface area contributed by atoms with Gasteiger partial charge in [-0.05, 0) is 24.6 Å². The van der Waals surface area contributed by atoms with Crippen molar-refractivity contribution in [2.24, 2.45) is 0 Å². The molecule has 0 unspecified atom stereocenters. The Hall–Kier alpha value is 0.0500. The van der Waals surface area contributed by atoms with Gasteiger partial charge in [-0.25, -0.2) is 5.11 Å². The molecule has 0 heterocycles. The van der Waals surface area contributed by atoms with Crippen LogP contribution in [0.4, 0.5) is 0 Å². The second kappa shape index (κ2) is 18.0. The molecule has 0 N–H and O–H groups in total. The summed E-state index contributed by atoms with van der Waals surface area (Å²) in [6.07, 6.45) is 19.6. The molecule has 0 aromatic heterocycles. The molecule has 0 aliphatic carbocycles. The van der Waals surface area contributed by atoms with Gasteiger partial charge >= 0.3 is 0 Å². The zero-order chi connectivity index (χ0) is 14.0. The van der Waals surface area contributed by atoms with Crippen molar-refractivity contribution in [3.8, 4) is 0 Å². The summed E-state index contributed by atoms with van der Waals surface area (Å²) in [5, 5.41) is 12.1. The molecule has 1 nitrogen and oxygen atoms in total. The predicted octanol–water partition coefficient (Wildman–Crippen LogP) is 6.27. The van der Waals surface area contributed by atoms with Crippen LogP contribution < -0.4 is 0 Å². The smallest absolute Gasteiger partial charge is 0.0822 e. The molecule has 0 aliphatic rings. The van der Waals surface area contributed by atoms with Gasteiger partial charge in [-0.2, -0.15) is 0 Å². The molecule has 1 radical (unpaired) electrons. The van der Waals surface area contributed by atoms with Crippen LogP contribution in [0.2, 0.25) is 0 Å². The summed E-state index contributed by atoms with van der Waals surface area (Å²) in [6, 6.07) is 0. The van der Waals surface area contributed by atoms with E-state index in [-0.39, 0.29) is 6.61 Å². The normalized spacial score (nSPS) is 10.8. The first kappa shape index (κ1) is 19.1. The first-order chi connectivity index (χ1) is 9.41. The topological polar surface area (TPSA) is 19.9 Å². The average Bonchev–Trinajstić information content (AvgIpc) is 2.43. The van der Waals surface area contributed by atoms with Gasteiger partial charge < -0.3 is 0 Å². The van der Waals surface area contributed by atoms with E-state index in [2.05, 4.69) is 0 Å². The lowest BCUT2D eigenvalue weighted by Crippen LogP contribution is -1.84. The minimum absolute atomic E-state index is 0.117. The second-order valence-corrected chi connectivity index (χ2v) is 5.94. The number of hydrogen-bond donors (Lipinski definition) is 0. The van der Waals surface area contributed by atoms with Crippen LogP contribution in [0.25, 0.3) is 0 Å². The Labute approximate surface area is 126 Å². The quantitative estimate of drug-likeness (QED) is 0.242. The molecule has 0 atom stereocenters. The third-order valence-corrected chi connectivity index (χ3v) is 3.95. The average molecular weight is 286 g/mol. The van der Waals surface area contributed by atoms with Gasteiger partial charge in [0.15, 0.2) is 0 Å². The zero-order valence-corrected chi connectivity index (χ0v) is 13.5. The highest BCUT2D eigenvalue weighted by molar-refractivity contribution is 7.78. The lowest BCUT2D eigenvalue weighted by Gasteiger charge is -2.02. The lowest BCUT2D eigenvalue weighted by molar-refractivity contribution is 0.186. The highest BCUT2D eigenvalue weighted by Crippen LogP contribution is 2.13. The van der Waals surface area contributed by atoms with E-state index in [1.807, 2.05) is 5.37 Å². The molecule has 0 rings (SSSR count). The van der Waals surface area contributed by atoms with Crippen LogP contribution in [0.1, 0.15) is 96.3 Å². The standard InChI is InChI=1S/C17H33OS/c18-16-14-12-10-8-6-4-2-1-3-5-7-9-11-13-15-17-19/h17H,1-16H2. The van der Waals surface area contributed by atoms with Crippen molar-refractivity contribution in [3.05, 3.63) is 0 Å². The third-order valence-electron chi connectivity index (χ3n) is 3.72. The maximum atomic E-state index is 10.3. The predicted molar refractivity (Wildman–Crippen MR) is 88.5 cm³/mol. The fraction of sp³-hybridized carbons (Fsp3) is 0.941. The lowest BCUT2D eigenvalue weighted by atomic mass is 10.0. The number of hydrogen-bond acceptors (Lipinski definition) is 1. The van der Waals surface area contributed by atoms with Crippen molar-refractivity contribution >= 4 is 17.6 Å². The van der Waals surface area contributed by atoms with E-state index in [9.17, 15) is 5.11 Å². The fourth-order valence-corrected chi connectivity index (χ4v) is 2.62. The monoisotopic (exact) mass is 285 g/mol. The number of thiocarbonyl (C=S) groups is 1. The molecular formula is C17H33OS. The molecule has 0 aromatic rings.